The second-order valence-electron chi connectivity index (χ2n) is 6.80. The fourth-order valence-corrected chi connectivity index (χ4v) is 2.65. The minimum atomic E-state index is 0.0499. The zero-order chi connectivity index (χ0) is 15.3. The number of aromatic nitrogens is 2. The van der Waals surface area contributed by atoms with Gasteiger partial charge in [-0.15, -0.1) is 0 Å². The number of nitrogens with two attached hydrogens (primary N) is 1. The van der Waals surface area contributed by atoms with E-state index in [9.17, 15) is 0 Å². The van der Waals surface area contributed by atoms with Crippen LogP contribution >= 0.6 is 0 Å². The quantitative estimate of drug-likeness (QED) is 0.781. The van der Waals surface area contributed by atoms with Gasteiger partial charge in [-0.05, 0) is 20.0 Å². The van der Waals surface area contributed by atoms with Crippen molar-refractivity contribution in [3.63, 3.8) is 0 Å². The highest BCUT2D eigenvalue weighted by atomic mass is 15.3. The fourth-order valence-electron chi connectivity index (χ4n) is 2.65. The molecular weight excluding hydrogens is 248 g/mol. The van der Waals surface area contributed by atoms with Crippen LogP contribution in [0.1, 0.15) is 64.3 Å². The Balaban J connectivity index is 2.94. The van der Waals surface area contributed by atoms with E-state index in [1.54, 1.807) is 0 Å². The molecule has 0 fully saturated rings. The average molecular weight is 280 g/mol. The lowest BCUT2D eigenvalue weighted by molar-refractivity contribution is 0.242. The van der Waals surface area contributed by atoms with E-state index in [-0.39, 0.29) is 11.5 Å². The van der Waals surface area contributed by atoms with Crippen LogP contribution in [0, 0.1) is 0 Å². The second-order valence-corrected chi connectivity index (χ2v) is 6.80. The Morgan fingerprint density at radius 1 is 1.35 bits per heavy atom. The lowest BCUT2D eigenvalue weighted by Gasteiger charge is -2.29. The number of hydrogen-bond donors (Lipinski definition) is 1. The Hall–Kier alpha value is -0.870. The van der Waals surface area contributed by atoms with Crippen molar-refractivity contribution in [2.75, 3.05) is 20.1 Å². The molecule has 20 heavy (non-hydrogen) atoms. The first-order valence-electron chi connectivity index (χ1n) is 7.75. The first-order valence-corrected chi connectivity index (χ1v) is 7.75. The highest BCUT2D eigenvalue weighted by Gasteiger charge is 2.27. The molecule has 4 nitrogen and oxygen atoms in total. The zero-order valence-electron chi connectivity index (χ0n) is 14.1. The van der Waals surface area contributed by atoms with Crippen molar-refractivity contribution in [1.82, 2.24) is 14.7 Å². The fraction of sp³-hybridized carbons (Fsp3) is 0.812. The van der Waals surface area contributed by atoms with Gasteiger partial charge >= 0.3 is 0 Å². The molecule has 1 aromatic heterocycles. The van der Waals surface area contributed by atoms with Crippen molar-refractivity contribution >= 4 is 0 Å². The van der Waals surface area contributed by atoms with Crippen molar-refractivity contribution in [3.8, 4) is 0 Å². The molecule has 0 radical (unpaired) electrons. The van der Waals surface area contributed by atoms with Gasteiger partial charge in [-0.2, -0.15) is 5.10 Å². The molecule has 1 unspecified atom stereocenters. The van der Waals surface area contributed by atoms with Gasteiger partial charge in [0.2, 0.25) is 0 Å². The number of aryl methyl sites for hydroxylation is 1. The summed E-state index contributed by atoms with van der Waals surface area (Å²) >= 11 is 0. The van der Waals surface area contributed by atoms with E-state index < -0.39 is 0 Å². The third-order valence-corrected chi connectivity index (χ3v) is 3.80. The van der Waals surface area contributed by atoms with Crippen LogP contribution in [0.4, 0.5) is 0 Å². The summed E-state index contributed by atoms with van der Waals surface area (Å²) < 4.78 is 1.92. The summed E-state index contributed by atoms with van der Waals surface area (Å²) in [6.45, 7) is 10.6. The standard InChI is InChI=1S/C16H32N4/c1-7-8-9-10-19(5)14(11-17)13-12-20(6)18-15(13)16(2,3)4/h12,14H,7-11,17H2,1-6H3. The Bertz CT molecular complexity index is 403. The number of unbranched alkanes of at least 4 members (excludes halogenated alkanes) is 2. The zero-order valence-corrected chi connectivity index (χ0v) is 14.1. The van der Waals surface area contributed by atoms with Crippen LogP contribution < -0.4 is 5.73 Å². The number of likely N-dealkylation sites (N-methyl/N-ethyl adjacent to an activating group) is 1. The Morgan fingerprint density at radius 2 is 2.00 bits per heavy atom. The predicted molar refractivity (Wildman–Crippen MR) is 85.9 cm³/mol. The molecule has 0 aromatic carbocycles. The van der Waals surface area contributed by atoms with Crippen molar-refractivity contribution in [3.05, 3.63) is 17.5 Å². The number of nitrogens with zero attached hydrogens (tertiary/aromatic N) is 3. The molecule has 1 aromatic rings. The van der Waals surface area contributed by atoms with E-state index in [0.717, 1.165) is 12.2 Å². The lowest BCUT2D eigenvalue weighted by atomic mass is 9.87. The molecule has 0 saturated heterocycles. The van der Waals surface area contributed by atoms with E-state index in [2.05, 4.69) is 50.9 Å². The molecule has 4 heteroatoms. The molecule has 0 aliphatic carbocycles. The third kappa shape index (κ3) is 4.32. The molecule has 0 aliphatic rings. The second kappa shape index (κ2) is 7.23. The molecular formula is C16H32N4. The smallest absolute Gasteiger partial charge is 0.0726 e. The normalized spacial score (nSPS) is 14.0. The Kier molecular flexibility index (Phi) is 6.21. The predicted octanol–water partition coefficient (Wildman–Crippen LogP) is 2.84. The van der Waals surface area contributed by atoms with Gasteiger partial charge in [-0.1, -0.05) is 40.5 Å². The summed E-state index contributed by atoms with van der Waals surface area (Å²) in [7, 11) is 4.16. The van der Waals surface area contributed by atoms with Crippen molar-refractivity contribution in [2.45, 2.75) is 58.4 Å². The minimum absolute atomic E-state index is 0.0499. The van der Waals surface area contributed by atoms with Gasteiger partial charge in [0.1, 0.15) is 0 Å². The SMILES string of the molecule is CCCCCN(C)C(CN)c1cn(C)nc1C(C)(C)C. The molecule has 1 rings (SSSR count). The molecule has 2 N–H and O–H groups in total. The van der Waals surface area contributed by atoms with Gasteiger partial charge in [0.25, 0.3) is 0 Å². The van der Waals surface area contributed by atoms with Crippen LogP contribution in [0.15, 0.2) is 6.20 Å². The van der Waals surface area contributed by atoms with Crippen LogP contribution in [-0.2, 0) is 12.5 Å². The molecule has 0 aliphatic heterocycles. The van der Waals surface area contributed by atoms with Gasteiger partial charge in [0.05, 0.1) is 11.7 Å². The Morgan fingerprint density at radius 3 is 2.50 bits per heavy atom. The maximum absolute atomic E-state index is 6.05. The maximum atomic E-state index is 6.05. The molecule has 1 heterocycles. The molecule has 1 atom stereocenters. The minimum Gasteiger partial charge on any atom is -0.329 e. The van der Waals surface area contributed by atoms with E-state index >= 15 is 0 Å². The topological polar surface area (TPSA) is 47.1 Å². The van der Waals surface area contributed by atoms with Crippen molar-refractivity contribution < 1.29 is 0 Å². The van der Waals surface area contributed by atoms with Crippen LogP contribution in [0.25, 0.3) is 0 Å². The first kappa shape index (κ1) is 17.2. The highest BCUT2D eigenvalue weighted by molar-refractivity contribution is 5.27. The summed E-state index contributed by atoms with van der Waals surface area (Å²) in [5.74, 6) is 0. The number of rotatable bonds is 7. The summed E-state index contributed by atoms with van der Waals surface area (Å²) in [6.07, 6.45) is 5.89. The Labute approximate surface area is 124 Å². The van der Waals surface area contributed by atoms with Gasteiger partial charge in [-0.3, -0.25) is 9.58 Å². The van der Waals surface area contributed by atoms with Gasteiger partial charge in [0, 0.05) is 30.8 Å². The summed E-state index contributed by atoms with van der Waals surface area (Å²) in [4.78, 5) is 2.38. The van der Waals surface area contributed by atoms with E-state index in [0.29, 0.717) is 6.54 Å². The van der Waals surface area contributed by atoms with Crippen LogP contribution in [0.2, 0.25) is 0 Å². The van der Waals surface area contributed by atoms with Gasteiger partial charge < -0.3 is 5.73 Å². The monoisotopic (exact) mass is 280 g/mol. The highest BCUT2D eigenvalue weighted by Crippen LogP contribution is 2.30. The van der Waals surface area contributed by atoms with Gasteiger partial charge in [-0.25, -0.2) is 0 Å². The summed E-state index contributed by atoms with van der Waals surface area (Å²) in [6, 6.07) is 0.259. The van der Waals surface area contributed by atoms with E-state index in [1.807, 2.05) is 11.7 Å². The van der Waals surface area contributed by atoms with Crippen molar-refractivity contribution in [1.29, 1.82) is 0 Å². The van der Waals surface area contributed by atoms with Crippen LogP contribution in [0.5, 0.6) is 0 Å². The molecule has 0 amide bonds. The molecule has 0 spiro atoms. The van der Waals surface area contributed by atoms with E-state index in [1.165, 1.54) is 24.8 Å². The van der Waals surface area contributed by atoms with Crippen molar-refractivity contribution in [2.24, 2.45) is 12.8 Å². The number of hydrogen-bond acceptors (Lipinski definition) is 3. The summed E-state index contributed by atoms with van der Waals surface area (Å²) in [5, 5.41) is 4.66. The van der Waals surface area contributed by atoms with Gasteiger partial charge in [0.15, 0.2) is 0 Å². The first-order chi connectivity index (χ1) is 9.31. The molecule has 116 valence electrons. The molecule has 0 bridgehead atoms. The molecule has 0 saturated carbocycles. The third-order valence-electron chi connectivity index (χ3n) is 3.80. The van der Waals surface area contributed by atoms with E-state index in [4.69, 9.17) is 5.73 Å². The lowest BCUT2D eigenvalue weighted by Crippen LogP contribution is -2.33. The van der Waals surface area contributed by atoms with Crippen LogP contribution in [-0.4, -0.2) is 34.8 Å². The summed E-state index contributed by atoms with van der Waals surface area (Å²) in [5.41, 5.74) is 8.55. The average Bonchev–Trinajstić information content (AvgIpc) is 2.72. The maximum Gasteiger partial charge on any atom is 0.0726 e. The van der Waals surface area contributed by atoms with Crippen LogP contribution in [0.3, 0.4) is 0 Å². The largest absolute Gasteiger partial charge is 0.329 e.